The van der Waals surface area contributed by atoms with Gasteiger partial charge in [-0.1, -0.05) is 38.5 Å². The topological polar surface area (TPSA) is 35.2 Å². The van der Waals surface area contributed by atoms with E-state index in [2.05, 4.69) is 0 Å². The molecule has 1 atom stereocenters. The smallest absolute Gasteiger partial charge is 0.0828 e. The molecule has 2 nitrogen and oxygen atoms in total. The van der Waals surface area contributed by atoms with E-state index in [0.717, 1.165) is 5.92 Å². The molecule has 0 aromatic carbocycles. The van der Waals surface area contributed by atoms with Crippen molar-refractivity contribution >= 4 is 0 Å². The van der Waals surface area contributed by atoms with E-state index in [-0.39, 0.29) is 11.6 Å². The Morgan fingerprint density at radius 2 is 1.80 bits per heavy atom. The van der Waals surface area contributed by atoms with E-state index >= 15 is 0 Å². The molecule has 0 radical (unpaired) electrons. The molecule has 2 fully saturated rings. The minimum atomic E-state index is 0.0303. The van der Waals surface area contributed by atoms with Crippen LogP contribution < -0.4 is 5.73 Å². The van der Waals surface area contributed by atoms with Gasteiger partial charge in [-0.15, -0.1) is 0 Å². The molecule has 0 aromatic rings. The van der Waals surface area contributed by atoms with Gasteiger partial charge < -0.3 is 10.5 Å². The first-order valence-electron chi connectivity index (χ1n) is 6.57. The first-order chi connectivity index (χ1) is 7.27. The number of rotatable bonds is 4. The largest absolute Gasteiger partial charge is 0.377 e. The van der Waals surface area contributed by atoms with Gasteiger partial charge >= 0.3 is 0 Å². The predicted molar refractivity (Wildman–Crippen MR) is 62.8 cm³/mol. The van der Waals surface area contributed by atoms with E-state index < -0.39 is 0 Å². The van der Waals surface area contributed by atoms with Crippen LogP contribution in [0.3, 0.4) is 0 Å². The third-order valence-electron chi connectivity index (χ3n) is 4.59. The molecule has 2 N–H and O–H groups in total. The van der Waals surface area contributed by atoms with Crippen molar-refractivity contribution in [3.63, 3.8) is 0 Å². The molecule has 2 aliphatic carbocycles. The zero-order chi connectivity index (χ0) is 10.7. The van der Waals surface area contributed by atoms with Gasteiger partial charge in [-0.2, -0.15) is 0 Å². The summed E-state index contributed by atoms with van der Waals surface area (Å²) in [6.45, 7) is 0. The summed E-state index contributed by atoms with van der Waals surface area (Å²) in [7, 11) is 1.85. The third-order valence-corrected chi connectivity index (χ3v) is 4.59. The van der Waals surface area contributed by atoms with Crippen molar-refractivity contribution < 1.29 is 4.74 Å². The molecule has 0 bridgehead atoms. The van der Waals surface area contributed by atoms with Gasteiger partial charge in [0.25, 0.3) is 0 Å². The molecule has 0 amide bonds. The molecule has 1 unspecified atom stereocenters. The van der Waals surface area contributed by atoms with E-state index in [0.29, 0.717) is 0 Å². The lowest BCUT2D eigenvalue weighted by Crippen LogP contribution is -2.48. The second-order valence-electron chi connectivity index (χ2n) is 5.47. The zero-order valence-corrected chi connectivity index (χ0v) is 10.0. The fourth-order valence-corrected chi connectivity index (χ4v) is 3.52. The van der Waals surface area contributed by atoms with Crippen LogP contribution in [0.5, 0.6) is 0 Å². The maximum atomic E-state index is 6.38. The molecular formula is C13H25NO. The molecular weight excluding hydrogens is 186 g/mol. The minimum absolute atomic E-state index is 0.0303. The van der Waals surface area contributed by atoms with Crippen LogP contribution in [-0.2, 0) is 4.74 Å². The summed E-state index contributed by atoms with van der Waals surface area (Å²) < 4.78 is 5.75. The average Bonchev–Trinajstić information content (AvgIpc) is 2.87. The third kappa shape index (κ3) is 2.36. The molecule has 2 aliphatic rings. The SMILES string of the molecule is COC1(C(N)CC2CCCC2)CCCC1. The van der Waals surface area contributed by atoms with Crippen LogP contribution in [-0.4, -0.2) is 18.8 Å². The van der Waals surface area contributed by atoms with Gasteiger partial charge in [-0.05, 0) is 25.2 Å². The predicted octanol–water partition coefficient (Wildman–Crippen LogP) is 2.85. The molecule has 15 heavy (non-hydrogen) atoms. The Kier molecular flexibility index (Phi) is 3.68. The molecule has 0 aliphatic heterocycles. The van der Waals surface area contributed by atoms with Gasteiger partial charge in [0.2, 0.25) is 0 Å². The van der Waals surface area contributed by atoms with Gasteiger partial charge in [0.05, 0.1) is 5.60 Å². The van der Waals surface area contributed by atoms with Crippen LogP contribution in [0.1, 0.15) is 57.8 Å². The lowest BCUT2D eigenvalue weighted by molar-refractivity contribution is -0.0308. The van der Waals surface area contributed by atoms with Gasteiger partial charge in [0.15, 0.2) is 0 Å². The monoisotopic (exact) mass is 211 g/mol. The van der Waals surface area contributed by atoms with E-state index in [1.165, 1.54) is 57.8 Å². The van der Waals surface area contributed by atoms with E-state index in [1.54, 1.807) is 0 Å². The molecule has 2 saturated carbocycles. The van der Waals surface area contributed by atoms with Crippen LogP contribution in [0.25, 0.3) is 0 Å². The first kappa shape index (κ1) is 11.4. The maximum absolute atomic E-state index is 6.38. The van der Waals surface area contributed by atoms with Crippen molar-refractivity contribution in [2.45, 2.75) is 69.4 Å². The Morgan fingerprint density at radius 3 is 2.33 bits per heavy atom. The molecule has 0 aromatic heterocycles. The zero-order valence-electron chi connectivity index (χ0n) is 10.0. The number of hydrogen-bond donors (Lipinski definition) is 1. The van der Waals surface area contributed by atoms with E-state index in [4.69, 9.17) is 10.5 Å². The average molecular weight is 211 g/mol. The molecule has 88 valence electrons. The van der Waals surface area contributed by atoms with Crippen LogP contribution >= 0.6 is 0 Å². The highest BCUT2D eigenvalue weighted by Crippen LogP contribution is 2.39. The first-order valence-corrected chi connectivity index (χ1v) is 6.57. The van der Waals surface area contributed by atoms with Crippen LogP contribution in [0, 0.1) is 5.92 Å². The standard InChI is InChI=1S/C13H25NO/c1-15-13(8-4-5-9-13)12(14)10-11-6-2-3-7-11/h11-12H,2-10,14H2,1H3. The number of nitrogens with two attached hydrogens (primary N) is 1. The lowest BCUT2D eigenvalue weighted by atomic mass is 9.85. The lowest BCUT2D eigenvalue weighted by Gasteiger charge is -2.35. The van der Waals surface area contributed by atoms with Gasteiger partial charge in [0, 0.05) is 13.2 Å². The van der Waals surface area contributed by atoms with Crippen LogP contribution in [0.2, 0.25) is 0 Å². The summed E-state index contributed by atoms with van der Waals surface area (Å²) in [5.41, 5.74) is 6.41. The van der Waals surface area contributed by atoms with Gasteiger partial charge in [0.1, 0.15) is 0 Å². The maximum Gasteiger partial charge on any atom is 0.0828 e. The second-order valence-corrected chi connectivity index (χ2v) is 5.47. The second kappa shape index (κ2) is 4.84. The highest BCUT2D eigenvalue weighted by Gasteiger charge is 2.40. The fourth-order valence-electron chi connectivity index (χ4n) is 3.52. The quantitative estimate of drug-likeness (QED) is 0.776. The Hall–Kier alpha value is -0.0800. The summed E-state index contributed by atoms with van der Waals surface area (Å²) >= 11 is 0. The van der Waals surface area contributed by atoms with Crippen molar-refractivity contribution in [3.05, 3.63) is 0 Å². The van der Waals surface area contributed by atoms with Gasteiger partial charge in [-0.25, -0.2) is 0 Å². The fraction of sp³-hybridized carbons (Fsp3) is 1.00. The molecule has 0 saturated heterocycles. The molecule has 0 spiro atoms. The summed E-state index contributed by atoms with van der Waals surface area (Å²) in [4.78, 5) is 0. The Balaban J connectivity index is 1.89. The van der Waals surface area contributed by atoms with Crippen molar-refractivity contribution in [2.24, 2.45) is 11.7 Å². The number of hydrogen-bond acceptors (Lipinski definition) is 2. The minimum Gasteiger partial charge on any atom is -0.377 e. The molecule has 2 heteroatoms. The Labute approximate surface area is 93.6 Å². The highest BCUT2D eigenvalue weighted by atomic mass is 16.5. The summed E-state index contributed by atoms with van der Waals surface area (Å²) in [5.74, 6) is 0.882. The summed E-state index contributed by atoms with van der Waals surface area (Å²) in [6.07, 6.45) is 11.8. The highest BCUT2D eigenvalue weighted by molar-refractivity contribution is 4.96. The normalized spacial score (nSPS) is 28.4. The summed E-state index contributed by atoms with van der Waals surface area (Å²) in [5, 5.41) is 0. The Bertz CT molecular complexity index is 193. The number of methoxy groups -OCH3 is 1. The Morgan fingerprint density at radius 1 is 1.20 bits per heavy atom. The summed E-state index contributed by atoms with van der Waals surface area (Å²) in [6, 6.07) is 0.271. The van der Waals surface area contributed by atoms with Crippen molar-refractivity contribution in [1.82, 2.24) is 0 Å². The molecule has 2 rings (SSSR count). The van der Waals surface area contributed by atoms with Crippen molar-refractivity contribution in [2.75, 3.05) is 7.11 Å². The van der Waals surface area contributed by atoms with Crippen LogP contribution in [0.15, 0.2) is 0 Å². The van der Waals surface area contributed by atoms with E-state index in [1.807, 2.05) is 7.11 Å². The van der Waals surface area contributed by atoms with E-state index in [9.17, 15) is 0 Å². The van der Waals surface area contributed by atoms with Crippen molar-refractivity contribution in [1.29, 1.82) is 0 Å². The molecule has 0 heterocycles. The number of ether oxygens (including phenoxy) is 1. The van der Waals surface area contributed by atoms with Crippen molar-refractivity contribution in [3.8, 4) is 0 Å². The van der Waals surface area contributed by atoms with Crippen LogP contribution in [0.4, 0.5) is 0 Å². The van der Waals surface area contributed by atoms with Gasteiger partial charge in [-0.3, -0.25) is 0 Å².